The van der Waals surface area contributed by atoms with E-state index >= 15 is 0 Å². The molecule has 1 unspecified atom stereocenters. The third-order valence-corrected chi connectivity index (χ3v) is 5.26. The molecule has 2 aromatic heterocycles. The Morgan fingerprint density at radius 3 is 3.00 bits per heavy atom. The minimum Gasteiger partial charge on any atom is -0.376 e. The van der Waals surface area contributed by atoms with Gasteiger partial charge in [-0.25, -0.2) is 4.98 Å². The van der Waals surface area contributed by atoms with Gasteiger partial charge in [-0.2, -0.15) is 0 Å². The number of anilines is 1. The van der Waals surface area contributed by atoms with Gasteiger partial charge in [-0.15, -0.1) is 0 Å². The van der Waals surface area contributed by atoms with E-state index in [-0.39, 0.29) is 6.10 Å². The van der Waals surface area contributed by atoms with Crippen LogP contribution in [0.25, 0.3) is 21.7 Å². The molecule has 0 aliphatic carbocycles. The summed E-state index contributed by atoms with van der Waals surface area (Å²) in [6.07, 6.45) is 4.76. The van der Waals surface area contributed by atoms with Crippen LogP contribution in [-0.4, -0.2) is 54.5 Å². The number of hydrogen-bond acceptors (Lipinski definition) is 7. The van der Waals surface area contributed by atoms with Crippen molar-refractivity contribution < 1.29 is 14.6 Å². The summed E-state index contributed by atoms with van der Waals surface area (Å²) in [7, 11) is 1.48. The Bertz CT molecular complexity index is 965. The van der Waals surface area contributed by atoms with Crippen LogP contribution >= 0.6 is 0 Å². The third kappa shape index (κ3) is 3.66. The third-order valence-electron chi connectivity index (χ3n) is 5.26. The van der Waals surface area contributed by atoms with E-state index in [2.05, 4.69) is 9.88 Å². The Balaban J connectivity index is 1.72. The summed E-state index contributed by atoms with van der Waals surface area (Å²) in [5.41, 5.74) is 7.05. The summed E-state index contributed by atoms with van der Waals surface area (Å²) in [5, 5.41) is 13.2. The number of benzene rings is 1. The van der Waals surface area contributed by atoms with Gasteiger partial charge in [0.25, 0.3) is 0 Å². The van der Waals surface area contributed by atoms with Crippen molar-refractivity contribution in [3.05, 3.63) is 42.2 Å². The number of aliphatic hydroxyl groups is 1. The topological polar surface area (TPSA) is 93.7 Å². The van der Waals surface area contributed by atoms with Gasteiger partial charge < -0.3 is 25.2 Å². The molecule has 0 amide bonds. The smallest absolute Gasteiger partial charge is 0.180 e. The molecule has 0 bridgehead atoms. The average Bonchev–Trinajstić information content (AvgIpc) is 3.21. The van der Waals surface area contributed by atoms with Crippen molar-refractivity contribution in [2.24, 2.45) is 5.73 Å². The van der Waals surface area contributed by atoms with Gasteiger partial charge in [-0.3, -0.25) is 4.98 Å². The molecule has 7 heteroatoms. The molecule has 1 fully saturated rings. The number of hydrogen-bond donors (Lipinski definition) is 2. The Morgan fingerprint density at radius 2 is 2.18 bits per heavy atom. The first-order valence-corrected chi connectivity index (χ1v) is 9.66. The van der Waals surface area contributed by atoms with Crippen LogP contribution in [0, 0.1) is 0 Å². The van der Waals surface area contributed by atoms with Gasteiger partial charge >= 0.3 is 0 Å². The van der Waals surface area contributed by atoms with E-state index in [1.807, 2.05) is 30.5 Å². The lowest BCUT2D eigenvalue weighted by atomic mass is 10.1. The van der Waals surface area contributed by atoms with Crippen molar-refractivity contribution >= 4 is 27.5 Å². The number of rotatable bonds is 7. The van der Waals surface area contributed by atoms with Gasteiger partial charge in [0, 0.05) is 60.9 Å². The van der Waals surface area contributed by atoms with Gasteiger partial charge in [0.15, 0.2) is 6.29 Å². The van der Waals surface area contributed by atoms with Gasteiger partial charge in [-0.05, 0) is 31.5 Å². The summed E-state index contributed by atoms with van der Waals surface area (Å²) >= 11 is 0. The molecule has 3 N–H and O–H groups in total. The monoisotopic (exact) mass is 382 g/mol. The Hall–Kier alpha value is -2.32. The molecule has 148 valence electrons. The maximum absolute atomic E-state index is 10.0. The summed E-state index contributed by atoms with van der Waals surface area (Å²) < 4.78 is 11.0. The molecule has 7 nitrogen and oxygen atoms in total. The van der Waals surface area contributed by atoms with Crippen LogP contribution in [0.2, 0.25) is 0 Å². The summed E-state index contributed by atoms with van der Waals surface area (Å²) in [5.74, 6) is 0.930. The fourth-order valence-electron chi connectivity index (χ4n) is 3.77. The number of methoxy groups -OCH3 is 1. The van der Waals surface area contributed by atoms with Gasteiger partial charge in [0.2, 0.25) is 0 Å². The first-order valence-electron chi connectivity index (χ1n) is 9.66. The standard InChI is InChI=1S/C21H26N4O3/c1-27-21(26)14-3-4-16-18-12-23-8-5-17(18)20(24-19(16)11-14)25-9-6-15(13-25)28-10-2-7-22/h3-5,8,11-12,15,21,26H,2,6-7,9-10,13,22H2,1H3/t15-,21?/m0/s1. The van der Waals surface area contributed by atoms with E-state index in [4.69, 9.17) is 20.2 Å². The van der Waals surface area contributed by atoms with E-state index in [0.29, 0.717) is 18.7 Å². The highest BCUT2D eigenvalue weighted by Gasteiger charge is 2.26. The highest BCUT2D eigenvalue weighted by atomic mass is 16.6. The van der Waals surface area contributed by atoms with Crippen LogP contribution < -0.4 is 10.6 Å². The molecule has 0 spiro atoms. The zero-order chi connectivity index (χ0) is 19.5. The van der Waals surface area contributed by atoms with E-state index < -0.39 is 6.29 Å². The van der Waals surface area contributed by atoms with Crippen LogP contribution in [0.1, 0.15) is 24.7 Å². The van der Waals surface area contributed by atoms with Gasteiger partial charge in [0.1, 0.15) is 5.82 Å². The Labute approximate surface area is 164 Å². The normalized spacial score (nSPS) is 18.2. The fourth-order valence-corrected chi connectivity index (χ4v) is 3.77. The molecule has 2 atom stereocenters. The molecule has 1 aromatic carbocycles. The number of fused-ring (bicyclic) bond motifs is 3. The predicted molar refractivity (Wildman–Crippen MR) is 109 cm³/mol. The van der Waals surface area contributed by atoms with Crippen molar-refractivity contribution in [1.82, 2.24) is 9.97 Å². The average molecular weight is 382 g/mol. The van der Waals surface area contributed by atoms with E-state index in [1.165, 1.54) is 7.11 Å². The molecule has 0 radical (unpaired) electrons. The second kappa shape index (κ2) is 8.36. The molecule has 4 rings (SSSR count). The highest BCUT2D eigenvalue weighted by Crippen LogP contribution is 2.34. The van der Waals surface area contributed by atoms with Crippen LogP contribution in [-0.2, 0) is 9.47 Å². The SMILES string of the molecule is COC(O)c1ccc2c(c1)nc(N1CC[C@H](OCCCN)C1)c1ccncc12. The predicted octanol–water partition coefficient (Wildman–Crippen LogP) is 2.36. The van der Waals surface area contributed by atoms with E-state index in [1.54, 1.807) is 6.20 Å². The van der Waals surface area contributed by atoms with Crippen molar-refractivity contribution in [3.63, 3.8) is 0 Å². The van der Waals surface area contributed by atoms with Crippen LogP contribution in [0.5, 0.6) is 0 Å². The van der Waals surface area contributed by atoms with E-state index in [9.17, 15) is 5.11 Å². The molecule has 28 heavy (non-hydrogen) atoms. The van der Waals surface area contributed by atoms with Crippen molar-refractivity contribution in [3.8, 4) is 0 Å². The molecule has 3 heterocycles. The minimum absolute atomic E-state index is 0.197. The summed E-state index contributed by atoms with van der Waals surface area (Å²) in [6.45, 7) is 3.05. The quantitative estimate of drug-likeness (QED) is 0.368. The lowest BCUT2D eigenvalue weighted by Crippen LogP contribution is -2.24. The van der Waals surface area contributed by atoms with E-state index in [0.717, 1.165) is 53.4 Å². The van der Waals surface area contributed by atoms with Crippen molar-refractivity contribution in [1.29, 1.82) is 0 Å². The number of ether oxygens (including phenoxy) is 2. The fraction of sp³-hybridized carbons (Fsp3) is 0.429. The maximum atomic E-state index is 10.0. The van der Waals surface area contributed by atoms with Crippen LogP contribution in [0.4, 0.5) is 5.82 Å². The van der Waals surface area contributed by atoms with Crippen LogP contribution in [0.3, 0.4) is 0 Å². The lowest BCUT2D eigenvalue weighted by molar-refractivity contribution is -0.0768. The van der Waals surface area contributed by atoms with Crippen LogP contribution in [0.15, 0.2) is 36.7 Å². The Morgan fingerprint density at radius 1 is 1.29 bits per heavy atom. The zero-order valence-electron chi connectivity index (χ0n) is 16.0. The lowest BCUT2D eigenvalue weighted by Gasteiger charge is -2.21. The highest BCUT2D eigenvalue weighted by molar-refractivity contribution is 6.09. The first-order chi connectivity index (χ1) is 13.7. The minimum atomic E-state index is -0.966. The summed E-state index contributed by atoms with van der Waals surface area (Å²) in [4.78, 5) is 11.5. The largest absolute Gasteiger partial charge is 0.376 e. The molecular weight excluding hydrogens is 356 g/mol. The second-order valence-electron chi connectivity index (χ2n) is 7.09. The Kier molecular flexibility index (Phi) is 5.68. The molecule has 0 saturated carbocycles. The molecular formula is C21H26N4O3. The van der Waals surface area contributed by atoms with Crippen molar-refractivity contribution in [2.75, 3.05) is 38.3 Å². The second-order valence-corrected chi connectivity index (χ2v) is 7.09. The number of aliphatic hydroxyl groups excluding tert-OH is 1. The maximum Gasteiger partial charge on any atom is 0.180 e. The van der Waals surface area contributed by atoms with Gasteiger partial charge in [0.05, 0.1) is 11.6 Å². The number of pyridine rings is 2. The molecule has 1 aliphatic rings. The van der Waals surface area contributed by atoms with Crippen molar-refractivity contribution in [2.45, 2.75) is 25.2 Å². The zero-order valence-corrected chi connectivity index (χ0v) is 16.0. The first kappa shape index (κ1) is 19.0. The number of nitrogens with two attached hydrogens (primary N) is 1. The number of aromatic nitrogens is 2. The molecule has 1 aliphatic heterocycles. The number of nitrogens with zero attached hydrogens (tertiary/aromatic N) is 3. The van der Waals surface area contributed by atoms with Gasteiger partial charge in [-0.1, -0.05) is 12.1 Å². The molecule has 1 saturated heterocycles. The molecule has 3 aromatic rings. The summed E-state index contributed by atoms with van der Waals surface area (Å²) in [6, 6.07) is 7.72.